The molecule has 1 unspecified atom stereocenters. The molecular formula is C30H29N3O4. The molecule has 4 aromatic rings. The first kappa shape index (κ1) is 25.4. The highest BCUT2D eigenvalue weighted by molar-refractivity contribution is 5.95. The van der Waals surface area contributed by atoms with Crippen molar-refractivity contribution in [2.75, 3.05) is 6.61 Å². The smallest absolute Gasteiger partial charge is 0.305 e. The fraction of sp³-hybridized carbons (Fsp3) is 0.167. The van der Waals surface area contributed by atoms with Gasteiger partial charge in [-0.1, -0.05) is 66.2 Å². The zero-order valence-corrected chi connectivity index (χ0v) is 20.6. The Bertz CT molecular complexity index is 1430. The normalized spacial score (nSPS) is 11.5. The van der Waals surface area contributed by atoms with Gasteiger partial charge in [0.05, 0.1) is 19.0 Å². The minimum absolute atomic E-state index is 0.241. The molecule has 0 spiro atoms. The molecule has 3 aromatic carbocycles. The van der Waals surface area contributed by atoms with E-state index in [2.05, 4.69) is 5.32 Å². The number of carboxylic acids is 1. The van der Waals surface area contributed by atoms with Crippen molar-refractivity contribution in [3.63, 3.8) is 0 Å². The van der Waals surface area contributed by atoms with Crippen LogP contribution in [0.2, 0.25) is 0 Å². The lowest BCUT2D eigenvalue weighted by Crippen LogP contribution is -2.30. The molecule has 0 saturated carbocycles. The van der Waals surface area contributed by atoms with Crippen LogP contribution in [0.4, 0.5) is 0 Å². The van der Waals surface area contributed by atoms with E-state index >= 15 is 0 Å². The number of benzene rings is 3. The lowest BCUT2D eigenvalue weighted by Gasteiger charge is -2.18. The zero-order chi connectivity index (χ0) is 26.2. The largest absolute Gasteiger partial charge is 0.492 e. The maximum Gasteiger partial charge on any atom is 0.305 e. The van der Waals surface area contributed by atoms with Crippen LogP contribution in [0, 0.1) is 12.3 Å². The molecule has 1 aromatic heterocycles. The van der Waals surface area contributed by atoms with Crippen LogP contribution in [0.3, 0.4) is 0 Å². The fourth-order valence-corrected chi connectivity index (χ4v) is 3.98. The molecule has 1 atom stereocenters. The second kappa shape index (κ2) is 11.9. The lowest BCUT2D eigenvalue weighted by molar-refractivity contribution is -0.137. The van der Waals surface area contributed by atoms with Crippen molar-refractivity contribution in [3.05, 3.63) is 119 Å². The molecule has 0 aliphatic carbocycles. The van der Waals surface area contributed by atoms with Crippen molar-refractivity contribution in [2.24, 2.45) is 0 Å². The number of aliphatic carboxylic acids is 1. The van der Waals surface area contributed by atoms with E-state index in [4.69, 9.17) is 10.1 Å². The first-order chi connectivity index (χ1) is 17.9. The summed E-state index contributed by atoms with van der Waals surface area (Å²) >= 11 is 0. The minimum Gasteiger partial charge on any atom is -0.492 e. The van der Waals surface area contributed by atoms with Gasteiger partial charge in [0.1, 0.15) is 17.8 Å². The van der Waals surface area contributed by atoms with Crippen LogP contribution in [0.5, 0.6) is 5.75 Å². The molecule has 0 aliphatic heterocycles. The second-order valence-electron chi connectivity index (χ2n) is 8.77. The summed E-state index contributed by atoms with van der Waals surface area (Å²) in [5, 5.41) is 20.2. The van der Waals surface area contributed by atoms with E-state index in [1.54, 1.807) is 41.0 Å². The number of carboxylic acid groups (broad SMARTS) is 1. The highest BCUT2D eigenvalue weighted by Crippen LogP contribution is 2.24. The highest BCUT2D eigenvalue weighted by atomic mass is 16.5. The highest BCUT2D eigenvalue weighted by Gasteiger charge is 2.19. The average molecular weight is 496 g/mol. The van der Waals surface area contributed by atoms with Crippen molar-refractivity contribution < 1.29 is 19.4 Å². The fourth-order valence-electron chi connectivity index (χ4n) is 3.98. The van der Waals surface area contributed by atoms with Gasteiger partial charge in [0.2, 0.25) is 0 Å². The van der Waals surface area contributed by atoms with Gasteiger partial charge in [-0.15, -0.1) is 0 Å². The zero-order valence-electron chi connectivity index (χ0n) is 20.6. The first-order valence-electron chi connectivity index (χ1n) is 12.0. The molecule has 4 rings (SSSR count). The third-order valence-corrected chi connectivity index (χ3v) is 6.02. The summed E-state index contributed by atoms with van der Waals surface area (Å²) in [6.07, 6.45) is 1.57. The van der Waals surface area contributed by atoms with E-state index < -0.39 is 12.0 Å². The number of nitrogens with zero attached hydrogens (tertiary/aromatic N) is 1. The number of rotatable bonds is 10. The summed E-state index contributed by atoms with van der Waals surface area (Å²) in [6, 6.07) is 27.2. The SMILES string of the molecule is Cc1ccc(-c2ccc(C(CC(=O)O)NC(=O)c3cccc(OCCn4ccccc4=N)c3)cc2)cc1. The molecule has 0 fully saturated rings. The predicted molar refractivity (Wildman–Crippen MR) is 141 cm³/mol. The van der Waals surface area contributed by atoms with Crippen LogP contribution in [-0.4, -0.2) is 28.2 Å². The third kappa shape index (κ3) is 6.95. The van der Waals surface area contributed by atoms with Gasteiger partial charge >= 0.3 is 5.97 Å². The molecule has 0 bridgehead atoms. The number of ether oxygens (including phenoxy) is 1. The molecule has 7 heteroatoms. The maximum absolute atomic E-state index is 13.0. The topological polar surface area (TPSA) is 104 Å². The monoisotopic (exact) mass is 495 g/mol. The van der Waals surface area contributed by atoms with Crippen molar-refractivity contribution >= 4 is 11.9 Å². The molecular weight excluding hydrogens is 466 g/mol. The Morgan fingerprint density at radius 3 is 2.32 bits per heavy atom. The lowest BCUT2D eigenvalue weighted by atomic mass is 9.98. The van der Waals surface area contributed by atoms with E-state index in [0.29, 0.717) is 35.5 Å². The Morgan fingerprint density at radius 1 is 0.946 bits per heavy atom. The number of aryl methyl sites for hydroxylation is 1. The Morgan fingerprint density at radius 2 is 1.65 bits per heavy atom. The molecule has 0 aliphatic rings. The van der Waals surface area contributed by atoms with E-state index in [0.717, 1.165) is 11.1 Å². The Hall–Kier alpha value is -4.65. The Kier molecular flexibility index (Phi) is 8.15. The molecule has 0 radical (unpaired) electrons. The predicted octanol–water partition coefficient (Wildman–Crippen LogP) is 4.97. The number of hydrogen-bond donors (Lipinski definition) is 3. The van der Waals surface area contributed by atoms with Crippen LogP contribution in [0.25, 0.3) is 11.1 Å². The van der Waals surface area contributed by atoms with Crippen LogP contribution < -0.4 is 15.5 Å². The number of amides is 1. The van der Waals surface area contributed by atoms with Gasteiger partial charge in [-0.25, -0.2) is 0 Å². The number of nitrogens with one attached hydrogen (secondary N) is 2. The van der Waals surface area contributed by atoms with E-state index in [1.165, 1.54) is 5.56 Å². The van der Waals surface area contributed by atoms with Crippen LogP contribution in [-0.2, 0) is 11.3 Å². The van der Waals surface area contributed by atoms with E-state index in [-0.39, 0.29) is 12.3 Å². The standard InChI is InChI=1S/C30H29N3O4/c1-21-8-10-22(11-9-21)23-12-14-24(15-13-23)27(20-29(34)35)32-30(36)25-5-4-6-26(19-25)37-18-17-33-16-3-2-7-28(33)31/h2-16,19,27,31H,17-18,20H2,1H3,(H,32,36)(H,34,35). The second-order valence-corrected chi connectivity index (χ2v) is 8.77. The van der Waals surface area contributed by atoms with Gasteiger partial charge in [-0.2, -0.15) is 0 Å². The molecule has 1 heterocycles. The van der Waals surface area contributed by atoms with Crippen molar-refractivity contribution in [2.45, 2.75) is 25.9 Å². The van der Waals surface area contributed by atoms with Crippen molar-refractivity contribution in [1.82, 2.24) is 9.88 Å². The number of aromatic nitrogens is 1. The minimum atomic E-state index is -1.00. The van der Waals surface area contributed by atoms with Crippen LogP contribution >= 0.6 is 0 Å². The Labute approximate surface area is 215 Å². The summed E-state index contributed by atoms with van der Waals surface area (Å²) < 4.78 is 7.56. The molecule has 37 heavy (non-hydrogen) atoms. The number of hydrogen-bond acceptors (Lipinski definition) is 4. The van der Waals surface area contributed by atoms with E-state index in [1.807, 2.05) is 67.7 Å². The number of pyridine rings is 1. The van der Waals surface area contributed by atoms with Crippen molar-refractivity contribution in [1.29, 1.82) is 5.41 Å². The van der Waals surface area contributed by atoms with Gasteiger partial charge in [0.25, 0.3) is 5.91 Å². The summed E-state index contributed by atoms with van der Waals surface area (Å²) in [6.45, 7) is 2.86. The molecule has 1 amide bonds. The van der Waals surface area contributed by atoms with Crippen molar-refractivity contribution in [3.8, 4) is 16.9 Å². The molecule has 7 nitrogen and oxygen atoms in total. The quantitative estimate of drug-likeness (QED) is 0.289. The van der Waals surface area contributed by atoms with E-state index in [9.17, 15) is 14.7 Å². The van der Waals surface area contributed by atoms with Crippen LogP contribution in [0.1, 0.15) is 33.9 Å². The number of carbonyl (C=O) groups is 2. The Balaban J connectivity index is 1.43. The summed E-state index contributed by atoms with van der Waals surface area (Å²) in [5.41, 5.74) is 4.73. The van der Waals surface area contributed by atoms with Gasteiger partial charge < -0.3 is 19.7 Å². The first-order valence-corrected chi connectivity index (χ1v) is 12.0. The van der Waals surface area contributed by atoms with Gasteiger partial charge in [-0.05, 0) is 53.9 Å². The third-order valence-electron chi connectivity index (χ3n) is 6.02. The van der Waals surface area contributed by atoms with Gasteiger partial charge in [0.15, 0.2) is 0 Å². The summed E-state index contributed by atoms with van der Waals surface area (Å²) in [7, 11) is 0. The molecule has 188 valence electrons. The van der Waals surface area contributed by atoms with Crippen LogP contribution in [0.15, 0.2) is 97.2 Å². The van der Waals surface area contributed by atoms with Gasteiger partial charge in [0, 0.05) is 11.8 Å². The molecule has 0 saturated heterocycles. The average Bonchev–Trinajstić information content (AvgIpc) is 2.90. The summed E-state index contributed by atoms with van der Waals surface area (Å²) in [4.78, 5) is 24.6. The molecule has 3 N–H and O–H groups in total. The number of carbonyl (C=O) groups excluding carboxylic acids is 1. The maximum atomic E-state index is 13.0. The summed E-state index contributed by atoms with van der Waals surface area (Å²) in [5.74, 6) is -0.865. The van der Waals surface area contributed by atoms with Gasteiger partial charge in [-0.3, -0.25) is 15.0 Å².